The molecule has 0 aliphatic rings. The fourth-order valence-corrected chi connectivity index (χ4v) is 2.78. The molecule has 0 aliphatic heterocycles. The van der Waals surface area contributed by atoms with Crippen molar-refractivity contribution >= 4 is 22.5 Å². The Labute approximate surface area is 130 Å². The van der Waals surface area contributed by atoms with Crippen LogP contribution in [0.25, 0.3) is 10.9 Å². The van der Waals surface area contributed by atoms with Gasteiger partial charge in [0.15, 0.2) is 0 Å². The van der Waals surface area contributed by atoms with Crippen molar-refractivity contribution in [2.45, 2.75) is 27.3 Å². The van der Waals surface area contributed by atoms with Crippen molar-refractivity contribution in [1.82, 2.24) is 4.57 Å². The molecule has 1 N–H and O–H groups in total. The second-order valence-electron chi connectivity index (χ2n) is 5.73. The van der Waals surface area contributed by atoms with Gasteiger partial charge in [0.25, 0.3) is 0 Å². The van der Waals surface area contributed by atoms with Crippen molar-refractivity contribution in [1.29, 1.82) is 0 Å². The summed E-state index contributed by atoms with van der Waals surface area (Å²) < 4.78 is 2.05. The number of rotatable bonds is 3. The number of fused-ring (bicyclic) bond motifs is 1. The van der Waals surface area contributed by atoms with E-state index in [-0.39, 0.29) is 5.91 Å². The Hall–Kier alpha value is -2.55. The quantitative estimate of drug-likeness (QED) is 0.771. The zero-order valence-corrected chi connectivity index (χ0v) is 13.2. The summed E-state index contributed by atoms with van der Waals surface area (Å²) in [6.07, 6.45) is 0. The maximum absolute atomic E-state index is 12.4. The molecule has 2 aromatic carbocycles. The van der Waals surface area contributed by atoms with Crippen LogP contribution in [0, 0.1) is 20.8 Å². The molecule has 3 nitrogen and oxygen atoms in total. The van der Waals surface area contributed by atoms with E-state index in [1.165, 1.54) is 10.9 Å². The van der Waals surface area contributed by atoms with Crippen LogP contribution in [0.15, 0.2) is 48.5 Å². The summed E-state index contributed by atoms with van der Waals surface area (Å²) in [5.74, 6) is -0.00171. The lowest BCUT2D eigenvalue weighted by molar-refractivity contribution is -0.116. The van der Waals surface area contributed by atoms with Crippen LogP contribution in [0.3, 0.4) is 0 Å². The second kappa shape index (κ2) is 5.68. The maximum atomic E-state index is 12.4. The number of benzene rings is 2. The minimum absolute atomic E-state index is 0.00171. The Balaban J connectivity index is 1.84. The normalized spacial score (nSPS) is 10.9. The van der Waals surface area contributed by atoms with Crippen molar-refractivity contribution in [2.75, 3.05) is 5.32 Å². The topological polar surface area (TPSA) is 34.0 Å². The first-order valence-corrected chi connectivity index (χ1v) is 7.47. The summed E-state index contributed by atoms with van der Waals surface area (Å²) in [6.45, 7) is 6.44. The van der Waals surface area contributed by atoms with E-state index in [1.807, 2.05) is 44.2 Å². The third-order valence-electron chi connectivity index (χ3n) is 4.20. The molecule has 0 bridgehead atoms. The molecular formula is C19H20N2O. The molecule has 112 valence electrons. The molecule has 22 heavy (non-hydrogen) atoms. The van der Waals surface area contributed by atoms with E-state index in [2.05, 4.69) is 35.0 Å². The van der Waals surface area contributed by atoms with Gasteiger partial charge < -0.3 is 9.88 Å². The van der Waals surface area contributed by atoms with Crippen LogP contribution in [0.4, 0.5) is 5.69 Å². The fraction of sp³-hybridized carbons (Fsp3) is 0.211. The number of hydrogen-bond acceptors (Lipinski definition) is 1. The van der Waals surface area contributed by atoms with Crippen molar-refractivity contribution in [2.24, 2.45) is 0 Å². The Bertz CT molecular complexity index is 846. The number of nitrogens with one attached hydrogen (secondary N) is 1. The second-order valence-corrected chi connectivity index (χ2v) is 5.73. The lowest BCUT2D eigenvalue weighted by Crippen LogP contribution is -2.20. The highest BCUT2D eigenvalue weighted by Gasteiger charge is 2.10. The van der Waals surface area contributed by atoms with Gasteiger partial charge in [-0.1, -0.05) is 30.3 Å². The molecule has 0 saturated carbocycles. The number of amides is 1. The number of carbonyl (C=O) groups is 1. The molecule has 0 atom stereocenters. The van der Waals surface area contributed by atoms with E-state index in [1.54, 1.807) is 0 Å². The lowest BCUT2D eigenvalue weighted by atomic mass is 10.1. The van der Waals surface area contributed by atoms with Gasteiger partial charge in [0.05, 0.1) is 0 Å². The number of para-hydroxylation sites is 1. The Morgan fingerprint density at radius 1 is 1.05 bits per heavy atom. The highest BCUT2D eigenvalue weighted by molar-refractivity contribution is 5.93. The van der Waals surface area contributed by atoms with E-state index in [0.717, 1.165) is 22.5 Å². The predicted octanol–water partition coefficient (Wildman–Crippen LogP) is 4.21. The molecule has 1 heterocycles. The first-order valence-electron chi connectivity index (χ1n) is 7.47. The minimum Gasteiger partial charge on any atom is -0.335 e. The molecule has 0 unspecified atom stereocenters. The number of anilines is 1. The van der Waals surface area contributed by atoms with Gasteiger partial charge in [-0.3, -0.25) is 4.79 Å². The lowest BCUT2D eigenvalue weighted by Gasteiger charge is -2.12. The van der Waals surface area contributed by atoms with E-state index in [0.29, 0.717) is 6.54 Å². The third-order valence-corrected chi connectivity index (χ3v) is 4.20. The van der Waals surface area contributed by atoms with Gasteiger partial charge in [-0.05, 0) is 55.5 Å². The van der Waals surface area contributed by atoms with Crippen LogP contribution >= 0.6 is 0 Å². The smallest absolute Gasteiger partial charge is 0.244 e. The molecule has 0 spiro atoms. The summed E-state index contributed by atoms with van der Waals surface area (Å²) >= 11 is 0. The van der Waals surface area contributed by atoms with Crippen molar-refractivity contribution in [3.05, 3.63) is 65.4 Å². The predicted molar refractivity (Wildman–Crippen MR) is 91.2 cm³/mol. The zero-order chi connectivity index (χ0) is 15.7. The summed E-state index contributed by atoms with van der Waals surface area (Å²) in [4.78, 5) is 12.4. The van der Waals surface area contributed by atoms with Crippen LogP contribution < -0.4 is 5.32 Å². The first kappa shape index (κ1) is 14.4. The van der Waals surface area contributed by atoms with Crippen LogP contribution in [0.5, 0.6) is 0 Å². The molecule has 0 fully saturated rings. The highest BCUT2D eigenvalue weighted by atomic mass is 16.1. The number of carbonyl (C=O) groups excluding carboxylic acids is 1. The molecule has 3 rings (SSSR count). The van der Waals surface area contributed by atoms with Crippen LogP contribution in [0.2, 0.25) is 0 Å². The summed E-state index contributed by atoms with van der Waals surface area (Å²) in [7, 11) is 0. The fourth-order valence-electron chi connectivity index (χ4n) is 2.78. The summed E-state index contributed by atoms with van der Waals surface area (Å²) in [5, 5.41) is 4.19. The average Bonchev–Trinajstić information content (AvgIpc) is 2.80. The molecule has 0 radical (unpaired) electrons. The first-order chi connectivity index (χ1) is 10.6. The Kier molecular flexibility index (Phi) is 3.72. The maximum Gasteiger partial charge on any atom is 0.244 e. The number of aromatic nitrogens is 1. The third kappa shape index (κ3) is 2.62. The Morgan fingerprint density at radius 2 is 1.82 bits per heavy atom. The van der Waals surface area contributed by atoms with Gasteiger partial charge in [-0.2, -0.15) is 0 Å². The number of aryl methyl sites for hydroxylation is 2. The molecule has 1 aromatic heterocycles. The zero-order valence-electron chi connectivity index (χ0n) is 13.2. The van der Waals surface area contributed by atoms with Crippen LogP contribution in [-0.4, -0.2) is 10.5 Å². The molecule has 3 heteroatoms. The summed E-state index contributed by atoms with van der Waals surface area (Å²) in [5.41, 5.74) is 5.37. The SMILES string of the molecule is Cc1cccc(NC(=O)Cn2c(C)cc3ccccc32)c1C. The molecule has 1 amide bonds. The van der Waals surface area contributed by atoms with Gasteiger partial charge in [-0.15, -0.1) is 0 Å². The minimum atomic E-state index is -0.00171. The van der Waals surface area contributed by atoms with E-state index in [4.69, 9.17) is 0 Å². The van der Waals surface area contributed by atoms with E-state index < -0.39 is 0 Å². The molecule has 0 saturated heterocycles. The number of hydrogen-bond donors (Lipinski definition) is 1. The van der Waals surface area contributed by atoms with Crippen molar-refractivity contribution in [3.63, 3.8) is 0 Å². The van der Waals surface area contributed by atoms with Gasteiger partial charge >= 0.3 is 0 Å². The van der Waals surface area contributed by atoms with E-state index in [9.17, 15) is 4.79 Å². The van der Waals surface area contributed by atoms with E-state index >= 15 is 0 Å². The van der Waals surface area contributed by atoms with Crippen molar-refractivity contribution < 1.29 is 4.79 Å². The van der Waals surface area contributed by atoms with Gasteiger partial charge in [0.2, 0.25) is 5.91 Å². The Morgan fingerprint density at radius 3 is 2.64 bits per heavy atom. The van der Waals surface area contributed by atoms with Gasteiger partial charge in [-0.25, -0.2) is 0 Å². The molecular weight excluding hydrogens is 272 g/mol. The largest absolute Gasteiger partial charge is 0.335 e. The number of nitrogens with zero attached hydrogens (tertiary/aromatic N) is 1. The van der Waals surface area contributed by atoms with Gasteiger partial charge in [0, 0.05) is 16.9 Å². The van der Waals surface area contributed by atoms with Crippen molar-refractivity contribution in [3.8, 4) is 0 Å². The van der Waals surface area contributed by atoms with Crippen LogP contribution in [-0.2, 0) is 11.3 Å². The molecule has 0 aliphatic carbocycles. The van der Waals surface area contributed by atoms with Crippen LogP contribution in [0.1, 0.15) is 16.8 Å². The van der Waals surface area contributed by atoms with Gasteiger partial charge in [0.1, 0.15) is 6.54 Å². The monoisotopic (exact) mass is 292 g/mol. The highest BCUT2D eigenvalue weighted by Crippen LogP contribution is 2.21. The standard InChI is InChI=1S/C19H20N2O/c1-13-7-6-9-17(15(13)3)20-19(22)12-21-14(2)11-16-8-4-5-10-18(16)21/h4-11H,12H2,1-3H3,(H,20,22). The summed E-state index contributed by atoms with van der Waals surface area (Å²) in [6, 6.07) is 16.2. The molecule has 3 aromatic rings. The average molecular weight is 292 g/mol.